The largest absolute Gasteiger partial charge is 0.368 e. The smallest absolute Gasteiger partial charge is 0.254 e. The number of nitrogens with one attached hydrogen (secondary N) is 2. The Morgan fingerprint density at radius 3 is 2.57 bits per heavy atom. The van der Waals surface area contributed by atoms with Crippen LogP contribution in [0.25, 0.3) is 0 Å². The van der Waals surface area contributed by atoms with Crippen LogP contribution in [0.4, 0.5) is 0 Å². The summed E-state index contributed by atoms with van der Waals surface area (Å²) in [6.45, 7) is 2.83. The van der Waals surface area contributed by atoms with E-state index in [-0.39, 0.29) is 30.1 Å². The van der Waals surface area contributed by atoms with Crippen molar-refractivity contribution < 1.29 is 14.3 Å². The fourth-order valence-electron chi connectivity index (χ4n) is 3.20. The fourth-order valence-corrected chi connectivity index (χ4v) is 3.20. The maximum absolute atomic E-state index is 12.8. The van der Waals surface area contributed by atoms with Crippen molar-refractivity contribution >= 4 is 24.2 Å². The fraction of sp³-hybridized carbons (Fsp3) is 0.857. The van der Waals surface area contributed by atoms with Gasteiger partial charge in [-0.05, 0) is 38.8 Å². The highest BCUT2D eigenvalue weighted by molar-refractivity contribution is 5.87. The van der Waals surface area contributed by atoms with E-state index >= 15 is 0 Å². The van der Waals surface area contributed by atoms with E-state index in [2.05, 4.69) is 10.6 Å². The van der Waals surface area contributed by atoms with Crippen LogP contribution in [0.2, 0.25) is 0 Å². The quantitative estimate of drug-likeness (QED) is 0.777. The Kier molecular flexibility index (Phi) is 6.90. The third-order valence-electron chi connectivity index (χ3n) is 4.52. The van der Waals surface area contributed by atoms with Gasteiger partial charge in [-0.2, -0.15) is 0 Å². The standard InChI is InChI=1S/C14H25N3O3.ClH/c1-15-12(18)11-4-3-9-17(10-11)13(19)14(20-2)5-7-16-8-6-14;/h11,16H,3-10H2,1-2H3,(H,15,18);1H. The van der Waals surface area contributed by atoms with Gasteiger partial charge in [-0.1, -0.05) is 0 Å². The van der Waals surface area contributed by atoms with E-state index in [9.17, 15) is 9.59 Å². The molecule has 2 saturated heterocycles. The van der Waals surface area contributed by atoms with E-state index in [0.29, 0.717) is 19.4 Å². The van der Waals surface area contributed by atoms with Crippen LogP contribution in [0.1, 0.15) is 25.7 Å². The summed E-state index contributed by atoms with van der Waals surface area (Å²) in [6.07, 6.45) is 3.12. The molecule has 2 amide bonds. The molecule has 0 aromatic carbocycles. The molecule has 2 fully saturated rings. The topological polar surface area (TPSA) is 70.7 Å². The number of carbonyl (C=O) groups excluding carboxylic acids is 2. The van der Waals surface area contributed by atoms with Crippen molar-refractivity contribution in [1.29, 1.82) is 0 Å². The van der Waals surface area contributed by atoms with Crippen LogP contribution >= 0.6 is 12.4 Å². The van der Waals surface area contributed by atoms with Crippen LogP contribution in [0.3, 0.4) is 0 Å². The van der Waals surface area contributed by atoms with Crippen molar-refractivity contribution in [2.45, 2.75) is 31.3 Å². The van der Waals surface area contributed by atoms with E-state index in [4.69, 9.17) is 4.74 Å². The average molecular weight is 320 g/mol. The number of carbonyl (C=O) groups is 2. The molecule has 0 saturated carbocycles. The van der Waals surface area contributed by atoms with Gasteiger partial charge in [0.1, 0.15) is 5.60 Å². The first kappa shape index (κ1) is 18.2. The van der Waals surface area contributed by atoms with Crippen LogP contribution < -0.4 is 10.6 Å². The van der Waals surface area contributed by atoms with Crippen molar-refractivity contribution in [1.82, 2.24) is 15.5 Å². The van der Waals surface area contributed by atoms with E-state index < -0.39 is 5.60 Å². The molecule has 0 radical (unpaired) electrons. The molecule has 0 aromatic heterocycles. The first-order valence-corrected chi connectivity index (χ1v) is 7.40. The van der Waals surface area contributed by atoms with Gasteiger partial charge in [-0.3, -0.25) is 9.59 Å². The van der Waals surface area contributed by atoms with Gasteiger partial charge in [0.15, 0.2) is 0 Å². The number of piperidine rings is 2. The van der Waals surface area contributed by atoms with Crippen molar-refractivity contribution in [2.24, 2.45) is 5.92 Å². The lowest BCUT2D eigenvalue weighted by Gasteiger charge is -2.41. The summed E-state index contributed by atoms with van der Waals surface area (Å²) >= 11 is 0. The first-order valence-electron chi connectivity index (χ1n) is 7.40. The summed E-state index contributed by atoms with van der Waals surface area (Å²) in [4.78, 5) is 26.4. The van der Waals surface area contributed by atoms with Crippen molar-refractivity contribution in [3.8, 4) is 0 Å². The van der Waals surface area contributed by atoms with Gasteiger partial charge in [0.25, 0.3) is 5.91 Å². The monoisotopic (exact) mass is 319 g/mol. The molecule has 6 nitrogen and oxygen atoms in total. The van der Waals surface area contributed by atoms with Crippen molar-refractivity contribution in [3.63, 3.8) is 0 Å². The Hall–Kier alpha value is -0.850. The van der Waals surface area contributed by atoms with Crippen LogP contribution in [0.15, 0.2) is 0 Å². The molecule has 2 N–H and O–H groups in total. The summed E-state index contributed by atoms with van der Waals surface area (Å²) in [7, 11) is 3.26. The van der Waals surface area contributed by atoms with Gasteiger partial charge in [-0.25, -0.2) is 0 Å². The Labute approximate surface area is 132 Å². The zero-order valence-corrected chi connectivity index (χ0v) is 13.6. The van der Waals surface area contributed by atoms with Crippen LogP contribution in [-0.2, 0) is 14.3 Å². The lowest BCUT2D eigenvalue weighted by molar-refractivity contribution is -0.160. The molecular formula is C14H26ClN3O3. The second-order valence-corrected chi connectivity index (χ2v) is 5.65. The molecule has 2 aliphatic rings. The highest BCUT2D eigenvalue weighted by atomic mass is 35.5. The number of hydrogen-bond acceptors (Lipinski definition) is 4. The zero-order valence-electron chi connectivity index (χ0n) is 12.8. The third kappa shape index (κ3) is 3.87. The number of rotatable bonds is 3. The Morgan fingerprint density at radius 1 is 1.33 bits per heavy atom. The lowest BCUT2D eigenvalue weighted by Crippen LogP contribution is -2.57. The molecular weight excluding hydrogens is 294 g/mol. The molecule has 0 bridgehead atoms. The summed E-state index contributed by atoms with van der Waals surface area (Å²) in [5.74, 6) is -0.0114. The van der Waals surface area contributed by atoms with Gasteiger partial charge >= 0.3 is 0 Å². The maximum atomic E-state index is 12.8. The molecule has 21 heavy (non-hydrogen) atoms. The number of amides is 2. The SMILES string of the molecule is CNC(=O)C1CCCN(C(=O)C2(OC)CCNCC2)C1.Cl. The maximum Gasteiger partial charge on any atom is 0.254 e. The van der Waals surface area contributed by atoms with Gasteiger partial charge in [0.2, 0.25) is 5.91 Å². The van der Waals surface area contributed by atoms with Gasteiger partial charge in [0.05, 0.1) is 5.92 Å². The first-order chi connectivity index (χ1) is 9.63. The number of hydrogen-bond donors (Lipinski definition) is 2. The Balaban J connectivity index is 0.00000220. The number of methoxy groups -OCH3 is 1. The second-order valence-electron chi connectivity index (χ2n) is 5.65. The number of nitrogens with zero attached hydrogens (tertiary/aromatic N) is 1. The summed E-state index contributed by atoms with van der Waals surface area (Å²) in [5.41, 5.74) is -0.699. The minimum absolute atomic E-state index is 0. The normalized spacial score (nSPS) is 24.9. The van der Waals surface area contributed by atoms with Crippen molar-refractivity contribution in [2.75, 3.05) is 40.3 Å². The Bertz CT molecular complexity index is 372. The molecule has 2 rings (SSSR count). The number of likely N-dealkylation sites (tertiary alicyclic amines) is 1. The highest BCUT2D eigenvalue weighted by Gasteiger charge is 2.43. The van der Waals surface area contributed by atoms with Crippen LogP contribution in [-0.4, -0.2) is 62.7 Å². The average Bonchev–Trinajstić information content (AvgIpc) is 2.54. The van der Waals surface area contributed by atoms with E-state index in [1.165, 1.54) is 0 Å². The van der Waals surface area contributed by atoms with Gasteiger partial charge < -0.3 is 20.3 Å². The van der Waals surface area contributed by atoms with E-state index in [0.717, 1.165) is 32.5 Å². The zero-order chi connectivity index (χ0) is 14.6. The molecule has 0 aliphatic carbocycles. The molecule has 2 aliphatic heterocycles. The molecule has 2 heterocycles. The molecule has 1 unspecified atom stereocenters. The summed E-state index contributed by atoms with van der Waals surface area (Å²) in [6, 6.07) is 0. The second kappa shape index (κ2) is 7.96. The number of halogens is 1. The van der Waals surface area contributed by atoms with Crippen molar-refractivity contribution in [3.05, 3.63) is 0 Å². The molecule has 1 atom stereocenters. The molecule has 7 heteroatoms. The third-order valence-corrected chi connectivity index (χ3v) is 4.52. The minimum Gasteiger partial charge on any atom is -0.368 e. The number of ether oxygens (including phenoxy) is 1. The highest BCUT2D eigenvalue weighted by Crippen LogP contribution is 2.28. The van der Waals surface area contributed by atoms with E-state index in [1.807, 2.05) is 4.90 Å². The predicted octanol–water partition coefficient (Wildman–Crippen LogP) is 0.161. The predicted molar refractivity (Wildman–Crippen MR) is 82.5 cm³/mol. The summed E-state index contributed by atoms with van der Waals surface area (Å²) < 4.78 is 5.58. The molecule has 0 aromatic rings. The molecule has 122 valence electrons. The Morgan fingerprint density at radius 2 is 2.00 bits per heavy atom. The molecule has 0 spiro atoms. The minimum atomic E-state index is -0.699. The van der Waals surface area contributed by atoms with Gasteiger partial charge in [-0.15, -0.1) is 12.4 Å². The van der Waals surface area contributed by atoms with Crippen LogP contribution in [0.5, 0.6) is 0 Å². The lowest BCUT2D eigenvalue weighted by atomic mass is 9.88. The van der Waals surface area contributed by atoms with Crippen LogP contribution in [0, 0.1) is 5.92 Å². The van der Waals surface area contributed by atoms with E-state index in [1.54, 1.807) is 14.2 Å². The summed E-state index contributed by atoms with van der Waals surface area (Å²) in [5, 5.41) is 5.93. The van der Waals surface area contributed by atoms with Gasteiger partial charge in [0, 0.05) is 27.2 Å².